The number of aromatic nitrogens is 1. The maximum atomic E-state index is 12.7. The van der Waals surface area contributed by atoms with Crippen LogP contribution in [0.1, 0.15) is 55.2 Å². The number of benzene rings is 1. The first-order valence-electron chi connectivity index (χ1n) is 11.7. The second-order valence-corrected chi connectivity index (χ2v) is 9.46. The first-order chi connectivity index (χ1) is 15.5. The smallest absolute Gasteiger partial charge is 0.224 e. The van der Waals surface area contributed by atoms with Gasteiger partial charge < -0.3 is 10.6 Å². The van der Waals surface area contributed by atoms with Crippen LogP contribution in [-0.4, -0.2) is 52.8 Å². The molecule has 0 saturated carbocycles. The van der Waals surface area contributed by atoms with Gasteiger partial charge in [0.2, 0.25) is 11.8 Å². The van der Waals surface area contributed by atoms with Crippen molar-refractivity contribution in [2.45, 2.75) is 51.5 Å². The van der Waals surface area contributed by atoms with Crippen molar-refractivity contribution in [3.8, 4) is 0 Å². The Kier molecular flexibility index (Phi) is 6.89. The van der Waals surface area contributed by atoms with Gasteiger partial charge in [-0.15, -0.1) is 0 Å². The van der Waals surface area contributed by atoms with Gasteiger partial charge in [-0.3, -0.25) is 19.5 Å². The Morgan fingerprint density at radius 2 is 1.91 bits per heavy atom. The van der Waals surface area contributed by atoms with Crippen LogP contribution in [0.2, 0.25) is 0 Å². The van der Waals surface area contributed by atoms with E-state index in [1.165, 1.54) is 16.7 Å². The number of hydrogen-bond acceptors (Lipinski definition) is 4. The van der Waals surface area contributed by atoms with Crippen LogP contribution in [0.4, 0.5) is 0 Å². The van der Waals surface area contributed by atoms with Gasteiger partial charge in [-0.05, 0) is 68.0 Å². The van der Waals surface area contributed by atoms with Gasteiger partial charge in [-0.25, -0.2) is 0 Å². The van der Waals surface area contributed by atoms with Crippen molar-refractivity contribution < 1.29 is 9.59 Å². The molecule has 0 bridgehead atoms. The summed E-state index contributed by atoms with van der Waals surface area (Å²) < 4.78 is 0. The maximum absolute atomic E-state index is 12.7. The number of likely N-dealkylation sites (tertiary alicyclic amines) is 2. The van der Waals surface area contributed by atoms with E-state index in [0.29, 0.717) is 12.3 Å². The monoisotopic (exact) mass is 434 g/mol. The molecule has 2 aromatic rings. The zero-order chi connectivity index (χ0) is 22.6. The van der Waals surface area contributed by atoms with E-state index in [2.05, 4.69) is 40.2 Å². The fourth-order valence-corrected chi connectivity index (χ4v) is 5.37. The van der Waals surface area contributed by atoms with Crippen LogP contribution in [0.3, 0.4) is 0 Å². The third-order valence-corrected chi connectivity index (χ3v) is 7.36. The summed E-state index contributed by atoms with van der Waals surface area (Å²) in [5.41, 5.74) is 9.18. The number of carbonyl (C=O) groups is 2. The molecule has 1 aromatic heterocycles. The van der Waals surface area contributed by atoms with E-state index in [-0.39, 0.29) is 11.8 Å². The molecule has 1 aromatic carbocycles. The lowest BCUT2D eigenvalue weighted by Crippen LogP contribution is -2.48. The summed E-state index contributed by atoms with van der Waals surface area (Å²) in [6.07, 6.45) is 7.99. The molecule has 2 amide bonds. The number of primary amides is 1. The van der Waals surface area contributed by atoms with E-state index in [4.69, 9.17) is 5.73 Å². The van der Waals surface area contributed by atoms with Crippen molar-refractivity contribution in [1.82, 2.24) is 14.8 Å². The minimum Gasteiger partial charge on any atom is -0.369 e. The van der Waals surface area contributed by atoms with E-state index in [1.807, 2.05) is 17.2 Å². The van der Waals surface area contributed by atoms with E-state index in [0.717, 1.165) is 58.4 Å². The highest BCUT2D eigenvalue weighted by Crippen LogP contribution is 2.38. The quantitative estimate of drug-likeness (QED) is 0.758. The molecule has 0 radical (unpaired) electrons. The number of amides is 2. The molecule has 6 heteroatoms. The first-order valence-corrected chi connectivity index (χ1v) is 11.7. The maximum Gasteiger partial charge on any atom is 0.224 e. The molecule has 2 fully saturated rings. The molecule has 32 heavy (non-hydrogen) atoms. The predicted molar refractivity (Wildman–Crippen MR) is 125 cm³/mol. The Morgan fingerprint density at radius 1 is 1.12 bits per heavy atom. The number of nitrogens with zero attached hydrogens (tertiary/aromatic N) is 3. The second kappa shape index (κ2) is 9.82. The normalized spacial score (nSPS) is 21.3. The lowest BCUT2D eigenvalue weighted by Gasteiger charge is -2.41. The molecule has 6 nitrogen and oxygen atoms in total. The largest absolute Gasteiger partial charge is 0.369 e. The average molecular weight is 435 g/mol. The fourth-order valence-electron chi connectivity index (χ4n) is 5.37. The summed E-state index contributed by atoms with van der Waals surface area (Å²) in [5.74, 6) is 0.267. The number of pyridine rings is 1. The van der Waals surface area contributed by atoms with Crippen LogP contribution in [-0.2, 0) is 22.6 Å². The highest BCUT2D eigenvalue weighted by atomic mass is 16.2. The molecule has 0 unspecified atom stereocenters. The van der Waals surface area contributed by atoms with Gasteiger partial charge in [-0.1, -0.05) is 30.3 Å². The number of rotatable bonds is 6. The van der Waals surface area contributed by atoms with Crippen LogP contribution in [0, 0.1) is 5.41 Å². The van der Waals surface area contributed by atoms with Crippen molar-refractivity contribution in [3.63, 3.8) is 0 Å². The molecule has 3 heterocycles. The minimum atomic E-state index is -0.517. The zero-order valence-corrected chi connectivity index (χ0v) is 19.0. The second-order valence-electron chi connectivity index (χ2n) is 9.46. The standard InChI is InChI=1S/C26H34N4O2/c1-20(31)30-13-5-8-23(19-30)24-9-3-2-7-22(24)16-26(25(27)32)10-14-29(15-11-26)18-21-6-4-12-28-17-21/h2-4,6-7,9,12,17,23H,5,8,10-11,13-16,18-19H2,1H3,(H2,27,32)/t23-/m0/s1. The molecule has 2 saturated heterocycles. The SMILES string of the molecule is CC(=O)N1CCC[C@H](c2ccccc2CC2(C(N)=O)CCN(Cc3cccnc3)CC2)C1. The predicted octanol–water partition coefficient (Wildman–Crippen LogP) is 3.12. The summed E-state index contributed by atoms with van der Waals surface area (Å²) >= 11 is 0. The first kappa shape index (κ1) is 22.5. The molecule has 2 aliphatic heterocycles. The van der Waals surface area contributed by atoms with Gasteiger partial charge in [0.1, 0.15) is 0 Å². The molecule has 2 N–H and O–H groups in total. The number of hydrogen-bond donors (Lipinski definition) is 1. The highest BCUT2D eigenvalue weighted by Gasteiger charge is 2.40. The lowest BCUT2D eigenvalue weighted by molar-refractivity contribution is -0.130. The highest BCUT2D eigenvalue weighted by molar-refractivity contribution is 5.81. The Hall–Kier alpha value is -2.73. The Bertz CT molecular complexity index is 938. The van der Waals surface area contributed by atoms with Gasteiger partial charge in [-0.2, -0.15) is 0 Å². The molecule has 2 aliphatic rings. The van der Waals surface area contributed by atoms with Gasteiger partial charge in [0.05, 0.1) is 5.41 Å². The molecule has 0 aliphatic carbocycles. The Balaban J connectivity index is 1.48. The molecule has 170 valence electrons. The van der Waals surface area contributed by atoms with E-state index < -0.39 is 5.41 Å². The number of nitrogens with two attached hydrogens (primary N) is 1. The fraction of sp³-hybridized carbons (Fsp3) is 0.500. The lowest BCUT2D eigenvalue weighted by atomic mass is 9.71. The third kappa shape index (κ3) is 5.01. The van der Waals surface area contributed by atoms with Crippen molar-refractivity contribution >= 4 is 11.8 Å². The van der Waals surface area contributed by atoms with Gasteiger partial charge >= 0.3 is 0 Å². The van der Waals surface area contributed by atoms with Crippen molar-refractivity contribution in [2.75, 3.05) is 26.2 Å². The zero-order valence-electron chi connectivity index (χ0n) is 19.0. The van der Waals surface area contributed by atoms with Crippen molar-refractivity contribution in [3.05, 3.63) is 65.5 Å². The van der Waals surface area contributed by atoms with Gasteiger partial charge in [0.15, 0.2) is 0 Å². The van der Waals surface area contributed by atoms with E-state index in [1.54, 1.807) is 13.1 Å². The van der Waals surface area contributed by atoms with E-state index in [9.17, 15) is 9.59 Å². The van der Waals surface area contributed by atoms with Crippen molar-refractivity contribution in [1.29, 1.82) is 0 Å². The average Bonchev–Trinajstić information content (AvgIpc) is 2.81. The summed E-state index contributed by atoms with van der Waals surface area (Å²) in [4.78, 5) is 33.2. The molecular formula is C26H34N4O2. The summed E-state index contributed by atoms with van der Waals surface area (Å²) in [7, 11) is 0. The van der Waals surface area contributed by atoms with Crippen LogP contribution in [0.25, 0.3) is 0 Å². The molecular weight excluding hydrogens is 400 g/mol. The van der Waals surface area contributed by atoms with Gasteiger partial charge in [0, 0.05) is 44.9 Å². The Labute approximate surface area is 190 Å². The van der Waals surface area contributed by atoms with E-state index >= 15 is 0 Å². The Morgan fingerprint density at radius 3 is 2.59 bits per heavy atom. The van der Waals surface area contributed by atoms with Crippen LogP contribution >= 0.6 is 0 Å². The van der Waals surface area contributed by atoms with Crippen LogP contribution in [0.5, 0.6) is 0 Å². The van der Waals surface area contributed by atoms with Crippen LogP contribution < -0.4 is 5.73 Å². The van der Waals surface area contributed by atoms with Crippen LogP contribution in [0.15, 0.2) is 48.8 Å². The topological polar surface area (TPSA) is 79.5 Å². The minimum absolute atomic E-state index is 0.141. The third-order valence-electron chi connectivity index (χ3n) is 7.36. The van der Waals surface area contributed by atoms with Gasteiger partial charge in [0.25, 0.3) is 0 Å². The summed E-state index contributed by atoms with van der Waals surface area (Å²) in [6.45, 7) is 5.79. The summed E-state index contributed by atoms with van der Waals surface area (Å²) in [6, 6.07) is 12.5. The van der Waals surface area contributed by atoms with Crippen molar-refractivity contribution in [2.24, 2.45) is 11.1 Å². The molecule has 1 atom stereocenters. The number of carbonyl (C=O) groups excluding carboxylic acids is 2. The molecule has 0 spiro atoms. The number of piperidine rings is 2. The summed E-state index contributed by atoms with van der Waals surface area (Å²) in [5, 5.41) is 0. The molecule has 4 rings (SSSR count).